The average Bonchev–Trinajstić information content (AvgIpc) is 3.09. The molecule has 0 unspecified atom stereocenters. The third kappa shape index (κ3) is 6.99. The topological polar surface area (TPSA) is 99.7 Å². The van der Waals surface area contributed by atoms with Crippen LogP contribution >= 0.6 is 0 Å². The first-order valence-electron chi connectivity index (χ1n) is 16.2. The Morgan fingerprint density at radius 3 is 2.19 bits per heavy atom. The number of aromatic hydroxyl groups is 1. The molecule has 10 heteroatoms. The average molecular weight is 647 g/mol. The zero-order valence-electron chi connectivity index (χ0n) is 27.6. The predicted molar refractivity (Wildman–Crippen MR) is 184 cm³/mol. The second-order valence-electron chi connectivity index (χ2n) is 12.6. The maximum absolute atomic E-state index is 14.5. The number of phenolic OH excluding ortho intramolecular Hbond substituents is 1. The number of anilines is 1. The van der Waals surface area contributed by atoms with Gasteiger partial charge in [0, 0.05) is 45.8 Å². The normalized spacial score (nSPS) is 19.6. The highest BCUT2D eigenvalue weighted by molar-refractivity contribution is 5.92. The van der Waals surface area contributed by atoms with Crippen LogP contribution in [0.4, 0.5) is 10.5 Å². The first kappa shape index (κ1) is 32.6. The fraction of sp³-hybridized carbons (Fsp3) is 0.289. The molecule has 0 spiro atoms. The summed E-state index contributed by atoms with van der Waals surface area (Å²) in [5.74, 6) is -0.281. The number of nitrogens with one attached hydrogen (secondary N) is 1. The van der Waals surface area contributed by atoms with Crippen molar-refractivity contribution >= 4 is 23.5 Å². The number of hydrogen-bond acceptors (Lipinski definition) is 6. The van der Waals surface area contributed by atoms with Crippen molar-refractivity contribution in [1.82, 2.24) is 25.1 Å². The van der Waals surface area contributed by atoms with Gasteiger partial charge in [0.05, 0.1) is 12.6 Å². The summed E-state index contributed by atoms with van der Waals surface area (Å²) in [6.07, 6.45) is -0.496. The quantitative estimate of drug-likeness (QED) is 0.276. The van der Waals surface area contributed by atoms with E-state index in [0.717, 1.165) is 28.9 Å². The highest BCUT2D eigenvalue weighted by Crippen LogP contribution is 2.33. The molecule has 2 N–H and O–H groups in total. The van der Waals surface area contributed by atoms with Crippen molar-refractivity contribution in [1.29, 1.82) is 0 Å². The Bertz CT molecular complexity index is 1740. The molecule has 2 heterocycles. The Morgan fingerprint density at radius 1 is 0.854 bits per heavy atom. The highest BCUT2D eigenvalue weighted by Gasteiger charge is 2.54. The van der Waals surface area contributed by atoms with Crippen molar-refractivity contribution in [3.05, 3.63) is 131 Å². The lowest BCUT2D eigenvalue weighted by atomic mass is 9.94. The lowest BCUT2D eigenvalue weighted by Crippen LogP contribution is -2.78. The number of amides is 4. The van der Waals surface area contributed by atoms with Crippen LogP contribution in [-0.2, 0) is 35.6 Å². The number of benzene rings is 4. The number of likely N-dealkylation sites (N-methyl/N-ethyl adjacent to an activating group) is 1. The Morgan fingerprint density at radius 2 is 1.50 bits per heavy atom. The Hall–Kier alpha value is -5.35. The van der Waals surface area contributed by atoms with E-state index < -0.39 is 18.2 Å². The lowest BCUT2D eigenvalue weighted by molar-refractivity contribution is -0.196. The van der Waals surface area contributed by atoms with Gasteiger partial charge in [0.1, 0.15) is 18.0 Å². The summed E-state index contributed by atoms with van der Waals surface area (Å²) in [5.41, 5.74) is 4.91. The third-order valence-electron chi connectivity index (χ3n) is 9.21. The zero-order valence-corrected chi connectivity index (χ0v) is 27.6. The number of nitrogens with zero attached hydrogens (tertiary/aromatic N) is 5. The van der Waals surface area contributed by atoms with E-state index in [1.807, 2.05) is 74.6 Å². The lowest BCUT2D eigenvalue weighted by Gasteiger charge is -2.57. The van der Waals surface area contributed by atoms with Gasteiger partial charge in [0.15, 0.2) is 0 Å². The fourth-order valence-electron chi connectivity index (χ4n) is 6.72. The van der Waals surface area contributed by atoms with Crippen molar-refractivity contribution in [2.24, 2.45) is 0 Å². The second-order valence-corrected chi connectivity index (χ2v) is 12.6. The molecule has 0 saturated carbocycles. The summed E-state index contributed by atoms with van der Waals surface area (Å²) in [6, 6.07) is 33.0. The van der Waals surface area contributed by atoms with Crippen molar-refractivity contribution < 1.29 is 19.5 Å². The van der Waals surface area contributed by atoms with Gasteiger partial charge in [0.25, 0.3) is 0 Å². The Balaban J connectivity index is 1.31. The van der Waals surface area contributed by atoms with Crippen LogP contribution in [0.5, 0.6) is 5.75 Å². The molecular weight excluding hydrogens is 604 g/mol. The fourth-order valence-corrected chi connectivity index (χ4v) is 6.72. The number of rotatable bonds is 9. The molecule has 6 rings (SSSR count). The van der Waals surface area contributed by atoms with E-state index in [2.05, 4.69) is 34.5 Å². The van der Waals surface area contributed by atoms with E-state index in [4.69, 9.17) is 0 Å². The van der Waals surface area contributed by atoms with Gasteiger partial charge in [-0.25, -0.2) is 14.8 Å². The smallest absolute Gasteiger partial charge is 0.334 e. The number of phenols is 1. The van der Waals surface area contributed by atoms with Gasteiger partial charge in [-0.15, -0.1) is 0 Å². The SMILES string of the molecule is C[C@H]1[C@H]2N(C(=O)CN(C)N2C(=O)NCc2ccccc2)[C@@H](Cc2ccc(O)cc2)C(=O)N1Cc1cccc(N(C)Cc2ccccc2)c1. The molecule has 4 aromatic rings. The molecule has 2 fully saturated rings. The Kier molecular flexibility index (Phi) is 9.63. The number of carbonyl (C=O) groups excluding carboxylic acids is 3. The second kappa shape index (κ2) is 14.2. The van der Waals surface area contributed by atoms with Crippen molar-refractivity contribution in [3.63, 3.8) is 0 Å². The number of hydrazine groups is 1. The van der Waals surface area contributed by atoms with Gasteiger partial charge in [-0.1, -0.05) is 84.9 Å². The number of hydrogen-bond donors (Lipinski definition) is 2. The molecule has 2 saturated heterocycles. The Labute approximate surface area is 281 Å². The molecule has 0 aromatic heterocycles. The predicted octanol–water partition coefficient (Wildman–Crippen LogP) is 4.60. The van der Waals surface area contributed by atoms with E-state index in [0.29, 0.717) is 13.1 Å². The van der Waals surface area contributed by atoms with Crippen LogP contribution in [0.2, 0.25) is 0 Å². The summed E-state index contributed by atoms with van der Waals surface area (Å²) >= 11 is 0. The molecule has 2 aliphatic heterocycles. The summed E-state index contributed by atoms with van der Waals surface area (Å²) in [5, 5.41) is 16.1. The minimum Gasteiger partial charge on any atom is -0.508 e. The van der Waals surface area contributed by atoms with E-state index in [9.17, 15) is 19.5 Å². The van der Waals surface area contributed by atoms with Gasteiger partial charge in [-0.3, -0.25) is 9.59 Å². The molecule has 248 valence electrons. The maximum atomic E-state index is 14.5. The van der Waals surface area contributed by atoms with E-state index in [1.165, 1.54) is 5.56 Å². The first-order chi connectivity index (χ1) is 23.2. The molecule has 4 aromatic carbocycles. The minimum absolute atomic E-state index is 0.0445. The van der Waals surface area contributed by atoms with E-state index in [1.54, 1.807) is 51.1 Å². The molecule has 3 atom stereocenters. The molecule has 10 nitrogen and oxygen atoms in total. The van der Waals surface area contributed by atoms with Crippen LogP contribution < -0.4 is 10.2 Å². The summed E-state index contributed by atoms with van der Waals surface area (Å²) in [6.45, 7) is 3.22. The van der Waals surface area contributed by atoms with Crippen LogP contribution in [0.1, 0.15) is 29.2 Å². The third-order valence-corrected chi connectivity index (χ3v) is 9.21. The number of carbonyl (C=O) groups is 3. The standard InChI is InChI=1S/C38H42N6O4/c1-27-36-43(35(46)26-41(3)44(36)38(48)39-23-29-11-6-4-7-12-29)34(22-28-17-19-33(45)20-18-28)37(47)42(27)25-31-15-10-16-32(21-31)40(2)24-30-13-8-5-9-14-30/h4-21,27,34,36,45H,22-26H2,1-3H3,(H,39,48)/t27-,34-,36-/m0/s1. The molecule has 0 radical (unpaired) electrons. The molecule has 48 heavy (non-hydrogen) atoms. The molecule has 4 amide bonds. The zero-order chi connectivity index (χ0) is 33.8. The van der Waals surface area contributed by atoms with Crippen LogP contribution in [0.3, 0.4) is 0 Å². The van der Waals surface area contributed by atoms with Crippen LogP contribution in [0.15, 0.2) is 109 Å². The van der Waals surface area contributed by atoms with Gasteiger partial charge in [-0.05, 0) is 53.4 Å². The van der Waals surface area contributed by atoms with Crippen LogP contribution in [-0.4, -0.2) is 81.7 Å². The minimum atomic E-state index is -0.842. The number of piperazine rings is 1. The molecular formula is C38H42N6O4. The number of fused-ring (bicyclic) bond motifs is 1. The summed E-state index contributed by atoms with van der Waals surface area (Å²) in [4.78, 5) is 47.7. The molecule has 0 aliphatic carbocycles. The maximum Gasteiger partial charge on any atom is 0.334 e. The summed E-state index contributed by atoms with van der Waals surface area (Å²) in [7, 11) is 3.77. The molecule has 0 bridgehead atoms. The van der Waals surface area contributed by atoms with Crippen LogP contribution in [0, 0.1) is 0 Å². The van der Waals surface area contributed by atoms with Crippen molar-refractivity contribution in [2.75, 3.05) is 25.5 Å². The summed E-state index contributed by atoms with van der Waals surface area (Å²) < 4.78 is 0. The van der Waals surface area contributed by atoms with E-state index in [-0.39, 0.29) is 36.6 Å². The molecule has 2 aliphatic rings. The van der Waals surface area contributed by atoms with Crippen molar-refractivity contribution in [3.8, 4) is 5.75 Å². The monoisotopic (exact) mass is 646 g/mol. The van der Waals surface area contributed by atoms with Gasteiger partial charge < -0.3 is 25.1 Å². The first-order valence-corrected chi connectivity index (χ1v) is 16.2. The van der Waals surface area contributed by atoms with Crippen LogP contribution in [0.25, 0.3) is 0 Å². The van der Waals surface area contributed by atoms with Gasteiger partial charge in [-0.2, -0.15) is 0 Å². The van der Waals surface area contributed by atoms with Gasteiger partial charge >= 0.3 is 6.03 Å². The van der Waals surface area contributed by atoms with E-state index >= 15 is 0 Å². The highest BCUT2D eigenvalue weighted by atomic mass is 16.3. The number of urea groups is 1. The largest absolute Gasteiger partial charge is 0.508 e. The van der Waals surface area contributed by atoms with Crippen molar-refractivity contribution in [2.45, 2.75) is 51.2 Å². The van der Waals surface area contributed by atoms with Gasteiger partial charge in [0.2, 0.25) is 11.8 Å².